The summed E-state index contributed by atoms with van der Waals surface area (Å²) in [6.07, 6.45) is 7.03. The number of hydrogen-bond acceptors (Lipinski definition) is 6. The second-order valence-corrected chi connectivity index (χ2v) is 8.62. The molecular weight excluding hydrogens is 420 g/mol. The van der Waals surface area contributed by atoms with Gasteiger partial charge in [-0.15, -0.1) is 0 Å². The molecule has 0 spiro atoms. The molecule has 9 nitrogen and oxygen atoms in total. The molecule has 2 aliphatic rings. The second kappa shape index (κ2) is 7.70. The third-order valence-corrected chi connectivity index (χ3v) is 6.72. The van der Waals surface area contributed by atoms with Gasteiger partial charge in [0, 0.05) is 36.5 Å². The first-order valence-electron chi connectivity index (χ1n) is 11.1. The van der Waals surface area contributed by atoms with Gasteiger partial charge >= 0.3 is 0 Å². The number of aryl methyl sites for hydroxylation is 1. The normalized spacial score (nSPS) is 15.6. The number of ether oxygens (including phenoxy) is 1. The monoisotopic (exact) mass is 444 g/mol. The second-order valence-electron chi connectivity index (χ2n) is 8.62. The molecule has 1 aliphatic heterocycles. The highest BCUT2D eigenvalue weighted by atomic mass is 16.5. The summed E-state index contributed by atoms with van der Waals surface area (Å²) in [4.78, 5) is 18.2. The van der Waals surface area contributed by atoms with E-state index in [1.807, 2.05) is 16.9 Å². The van der Waals surface area contributed by atoms with Crippen LogP contribution in [0.4, 0.5) is 0 Å². The zero-order chi connectivity index (χ0) is 22.5. The van der Waals surface area contributed by atoms with Crippen molar-refractivity contribution in [1.82, 2.24) is 29.9 Å². The molecule has 1 fully saturated rings. The molecule has 9 heteroatoms. The van der Waals surface area contributed by atoms with Gasteiger partial charge in [0.15, 0.2) is 0 Å². The van der Waals surface area contributed by atoms with Crippen molar-refractivity contribution >= 4 is 16.9 Å². The van der Waals surface area contributed by atoms with Crippen molar-refractivity contribution in [2.75, 3.05) is 26.8 Å². The van der Waals surface area contributed by atoms with E-state index >= 15 is 0 Å². The lowest BCUT2D eigenvalue weighted by molar-refractivity contribution is -0.140. The molecule has 6 rings (SSSR count). The number of methoxy groups -OCH3 is 1. The number of likely N-dealkylation sites (tertiary alicyclic amines) is 1. The van der Waals surface area contributed by atoms with Gasteiger partial charge in [0.2, 0.25) is 5.91 Å². The number of rotatable bonds is 5. The number of hydrogen-bond donors (Lipinski definition) is 2. The highest BCUT2D eigenvalue weighted by Crippen LogP contribution is 2.38. The molecule has 1 saturated heterocycles. The van der Waals surface area contributed by atoms with Crippen molar-refractivity contribution in [3.63, 3.8) is 0 Å². The number of amides is 1. The highest BCUT2D eigenvalue weighted by molar-refractivity contribution is 5.92. The summed E-state index contributed by atoms with van der Waals surface area (Å²) in [5.41, 5.74) is 7.85. The van der Waals surface area contributed by atoms with Gasteiger partial charge in [0.25, 0.3) is 0 Å². The summed E-state index contributed by atoms with van der Waals surface area (Å²) in [5.74, 6) is 0.465. The van der Waals surface area contributed by atoms with Crippen molar-refractivity contribution in [3.05, 3.63) is 47.8 Å². The quantitative estimate of drug-likeness (QED) is 0.489. The fourth-order valence-electron chi connectivity index (χ4n) is 4.91. The first-order valence-corrected chi connectivity index (χ1v) is 11.1. The summed E-state index contributed by atoms with van der Waals surface area (Å²) in [5, 5.41) is 21.1. The number of carbonyl (C=O) groups is 1. The van der Waals surface area contributed by atoms with Crippen molar-refractivity contribution in [2.45, 2.75) is 25.3 Å². The number of aliphatic hydroxyl groups is 1. The Morgan fingerprint density at radius 3 is 2.97 bits per heavy atom. The Bertz CT molecular complexity index is 1370. The minimum atomic E-state index is -0.460. The van der Waals surface area contributed by atoms with Crippen molar-refractivity contribution < 1.29 is 14.6 Å². The summed E-state index contributed by atoms with van der Waals surface area (Å²) in [7, 11) is 1.67. The molecule has 2 N–H and O–H groups in total. The predicted molar refractivity (Wildman–Crippen MR) is 122 cm³/mol. The molecule has 1 aliphatic carbocycles. The average Bonchev–Trinajstić information content (AvgIpc) is 3.55. The average molecular weight is 444 g/mol. The van der Waals surface area contributed by atoms with Crippen molar-refractivity contribution in [1.29, 1.82) is 0 Å². The number of aromatic nitrogens is 5. The van der Waals surface area contributed by atoms with E-state index in [2.05, 4.69) is 33.5 Å². The van der Waals surface area contributed by atoms with Crippen LogP contribution in [-0.2, 0) is 17.6 Å². The van der Waals surface area contributed by atoms with Crippen LogP contribution in [0.1, 0.15) is 23.6 Å². The van der Waals surface area contributed by atoms with Gasteiger partial charge in [0.1, 0.15) is 29.3 Å². The maximum atomic E-state index is 11.6. The van der Waals surface area contributed by atoms with Crippen molar-refractivity contribution in [2.24, 2.45) is 0 Å². The molecule has 168 valence electrons. The summed E-state index contributed by atoms with van der Waals surface area (Å²) >= 11 is 0. The van der Waals surface area contributed by atoms with E-state index in [1.165, 1.54) is 11.1 Å². The maximum Gasteiger partial charge on any atom is 0.248 e. The first kappa shape index (κ1) is 19.9. The smallest absolute Gasteiger partial charge is 0.248 e. The van der Waals surface area contributed by atoms with Crippen LogP contribution in [0.15, 0.2) is 36.7 Å². The zero-order valence-electron chi connectivity index (χ0n) is 18.3. The minimum absolute atomic E-state index is 0.0926. The van der Waals surface area contributed by atoms with Gasteiger partial charge in [-0.1, -0.05) is 18.2 Å². The lowest BCUT2D eigenvalue weighted by Crippen LogP contribution is -2.51. The van der Waals surface area contributed by atoms with Gasteiger partial charge < -0.3 is 14.7 Å². The molecule has 0 bridgehead atoms. The Morgan fingerprint density at radius 2 is 2.15 bits per heavy atom. The van der Waals surface area contributed by atoms with Crippen LogP contribution in [0.3, 0.4) is 0 Å². The largest absolute Gasteiger partial charge is 0.494 e. The molecule has 33 heavy (non-hydrogen) atoms. The van der Waals surface area contributed by atoms with Gasteiger partial charge in [-0.25, -0.2) is 4.98 Å². The molecule has 3 aromatic heterocycles. The van der Waals surface area contributed by atoms with E-state index in [0.717, 1.165) is 58.6 Å². The number of H-pyrrole nitrogens is 1. The van der Waals surface area contributed by atoms with Crippen LogP contribution in [-0.4, -0.2) is 67.7 Å². The van der Waals surface area contributed by atoms with E-state index in [1.54, 1.807) is 18.2 Å². The molecule has 1 aromatic carbocycles. The fourth-order valence-corrected chi connectivity index (χ4v) is 4.91. The summed E-state index contributed by atoms with van der Waals surface area (Å²) < 4.78 is 7.55. The number of benzene rings is 1. The number of aliphatic hydroxyl groups excluding tert-OH is 1. The fraction of sp³-hybridized carbons (Fsp3) is 0.333. The summed E-state index contributed by atoms with van der Waals surface area (Å²) in [6.45, 7) is 0.625. The number of pyridine rings is 1. The van der Waals surface area contributed by atoms with Crippen molar-refractivity contribution in [3.8, 4) is 28.3 Å². The molecule has 4 heterocycles. The third kappa shape index (κ3) is 3.19. The number of fused-ring (bicyclic) bond motifs is 2. The molecule has 0 unspecified atom stereocenters. The highest BCUT2D eigenvalue weighted by Gasteiger charge is 2.32. The SMILES string of the molecule is COc1cc2[nH]nc(-c3cnn(C4CN(C(=O)CO)C4)c3)c2nc1-c1cccc2c1CCC2. The standard InChI is InChI=1S/C24H24N6O3/c1-33-20-8-19-24(26-23(20)18-7-3-5-14-4-2-6-17(14)18)22(28-27-19)15-9-25-30(10-15)16-11-29(12-16)21(32)13-31/h3,5,7-10,16,31H,2,4,6,11-13H2,1H3,(H,27,28). The Balaban J connectivity index is 1.37. The maximum absolute atomic E-state index is 11.6. The number of carbonyl (C=O) groups excluding carboxylic acids is 1. The van der Waals surface area contributed by atoms with E-state index < -0.39 is 6.61 Å². The minimum Gasteiger partial charge on any atom is -0.494 e. The van der Waals surface area contributed by atoms with Gasteiger partial charge in [0.05, 0.1) is 24.9 Å². The Labute approximate surface area is 190 Å². The van der Waals surface area contributed by atoms with Crippen LogP contribution in [0.25, 0.3) is 33.5 Å². The lowest BCUT2D eigenvalue weighted by atomic mass is 9.99. The van der Waals surface area contributed by atoms with E-state index in [-0.39, 0.29) is 11.9 Å². The third-order valence-electron chi connectivity index (χ3n) is 6.72. The van der Waals surface area contributed by atoms with E-state index in [9.17, 15) is 4.79 Å². The summed E-state index contributed by atoms with van der Waals surface area (Å²) in [6, 6.07) is 8.46. The van der Waals surface area contributed by atoms with Crippen LogP contribution < -0.4 is 4.74 Å². The number of aromatic amines is 1. The molecular formula is C24H24N6O3. The number of nitrogens with zero attached hydrogens (tertiary/aromatic N) is 5. The topological polar surface area (TPSA) is 109 Å². The van der Waals surface area contributed by atoms with Gasteiger partial charge in [-0.3, -0.25) is 14.6 Å². The lowest BCUT2D eigenvalue weighted by Gasteiger charge is -2.38. The van der Waals surface area contributed by atoms with Crippen LogP contribution in [0.2, 0.25) is 0 Å². The van der Waals surface area contributed by atoms with E-state index in [0.29, 0.717) is 13.1 Å². The van der Waals surface area contributed by atoms with E-state index in [4.69, 9.17) is 14.8 Å². The Morgan fingerprint density at radius 1 is 1.27 bits per heavy atom. The molecule has 1 amide bonds. The molecule has 0 atom stereocenters. The molecule has 4 aromatic rings. The predicted octanol–water partition coefficient (Wildman–Crippen LogP) is 2.36. The molecule has 0 saturated carbocycles. The van der Waals surface area contributed by atoms with Crippen LogP contribution in [0.5, 0.6) is 5.75 Å². The Kier molecular flexibility index (Phi) is 4.65. The zero-order valence-corrected chi connectivity index (χ0v) is 18.3. The van der Waals surface area contributed by atoms with Gasteiger partial charge in [-0.2, -0.15) is 10.2 Å². The molecule has 0 radical (unpaired) electrons. The Hall–Kier alpha value is -3.72. The van der Waals surface area contributed by atoms with Gasteiger partial charge in [-0.05, 0) is 30.4 Å². The van der Waals surface area contributed by atoms with Crippen LogP contribution >= 0.6 is 0 Å². The number of nitrogens with one attached hydrogen (secondary N) is 1. The first-order chi connectivity index (χ1) is 16.2. The van der Waals surface area contributed by atoms with Crippen LogP contribution in [0, 0.1) is 0 Å².